The fraction of sp³-hybridized carbons (Fsp3) is 0.533. The van der Waals surface area contributed by atoms with Gasteiger partial charge in [-0.15, -0.1) is 6.58 Å². The van der Waals surface area contributed by atoms with Crippen LogP contribution in [0.3, 0.4) is 0 Å². The van der Waals surface area contributed by atoms with Gasteiger partial charge in [-0.3, -0.25) is 0 Å². The molecule has 0 aromatic carbocycles. The van der Waals surface area contributed by atoms with Gasteiger partial charge >= 0.3 is 0 Å². The molecule has 1 aliphatic rings. The maximum Gasteiger partial charge on any atom is 0.133 e. The van der Waals surface area contributed by atoms with Crippen molar-refractivity contribution in [2.24, 2.45) is 0 Å². The van der Waals surface area contributed by atoms with Gasteiger partial charge in [0, 0.05) is 30.9 Å². The Hall–Kier alpha value is -1.35. The average Bonchev–Trinajstić information content (AvgIpc) is 3.21. The van der Waals surface area contributed by atoms with E-state index in [1.807, 2.05) is 18.3 Å². The molecule has 1 heterocycles. The van der Waals surface area contributed by atoms with Crippen LogP contribution in [0, 0.1) is 0 Å². The average molecular weight is 245 g/mol. The summed E-state index contributed by atoms with van der Waals surface area (Å²) in [6, 6.07) is 4.86. The Kier molecular flexibility index (Phi) is 4.76. The summed E-state index contributed by atoms with van der Waals surface area (Å²) in [5.74, 6) is 1.13. The molecule has 98 valence electrons. The van der Waals surface area contributed by atoms with Crippen LogP contribution in [0.4, 0.5) is 5.82 Å². The number of hydrogen-bond acceptors (Lipinski definition) is 3. The van der Waals surface area contributed by atoms with Crippen molar-refractivity contribution in [2.75, 3.05) is 18.0 Å². The Morgan fingerprint density at radius 2 is 2.39 bits per heavy atom. The van der Waals surface area contributed by atoms with Crippen molar-refractivity contribution < 1.29 is 0 Å². The Morgan fingerprint density at radius 1 is 1.56 bits per heavy atom. The minimum atomic E-state index is 0.669. The topological polar surface area (TPSA) is 28.2 Å². The Morgan fingerprint density at radius 3 is 3.06 bits per heavy atom. The zero-order chi connectivity index (χ0) is 12.8. The Bertz CT molecular complexity index is 385. The summed E-state index contributed by atoms with van der Waals surface area (Å²) >= 11 is 0. The van der Waals surface area contributed by atoms with E-state index in [1.54, 1.807) is 0 Å². The predicted molar refractivity (Wildman–Crippen MR) is 76.8 cm³/mol. The number of anilines is 1. The zero-order valence-corrected chi connectivity index (χ0v) is 11.2. The molecule has 1 fully saturated rings. The van der Waals surface area contributed by atoms with Gasteiger partial charge in [0.05, 0.1) is 0 Å². The highest BCUT2D eigenvalue weighted by Gasteiger charge is 2.30. The number of rotatable bonds is 8. The van der Waals surface area contributed by atoms with Crippen LogP contribution in [-0.4, -0.2) is 24.1 Å². The van der Waals surface area contributed by atoms with Gasteiger partial charge in [0.15, 0.2) is 0 Å². The predicted octanol–water partition coefficient (Wildman–Crippen LogP) is 2.74. The minimum Gasteiger partial charge on any atom is -0.350 e. The molecule has 1 N–H and O–H groups in total. The van der Waals surface area contributed by atoms with Crippen LogP contribution in [0.15, 0.2) is 31.0 Å². The van der Waals surface area contributed by atoms with Crippen molar-refractivity contribution in [2.45, 2.75) is 38.8 Å². The molecule has 0 amide bonds. The molecule has 1 saturated carbocycles. The molecule has 1 aromatic heterocycles. The molecule has 18 heavy (non-hydrogen) atoms. The standard InChI is InChI=1S/C15H23N3/c1-3-9-16-12-13-6-5-10-17-15(13)18(11-4-2)14-7-8-14/h4-6,10,14,16H,2-3,7-9,11-12H2,1H3. The minimum absolute atomic E-state index is 0.669. The Labute approximate surface area is 110 Å². The van der Waals surface area contributed by atoms with E-state index in [1.165, 1.54) is 18.4 Å². The summed E-state index contributed by atoms with van der Waals surface area (Å²) in [4.78, 5) is 6.96. The van der Waals surface area contributed by atoms with Gasteiger partial charge in [-0.25, -0.2) is 4.98 Å². The van der Waals surface area contributed by atoms with Crippen LogP contribution in [0.1, 0.15) is 31.7 Å². The first-order chi connectivity index (χ1) is 8.86. The van der Waals surface area contributed by atoms with Crippen molar-refractivity contribution in [1.82, 2.24) is 10.3 Å². The van der Waals surface area contributed by atoms with Crippen LogP contribution in [-0.2, 0) is 6.54 Å². The van der Waals surface area contributed by atoms with E-state index in [-0.39, 0.29) is 0 Å². The molecule has 0 saturated heterocycles. The largest absolute Gasteiger partial charge is 0.350 e. The number of nitrogens with zero attached hydrogens (tertiary/aromatic N) is 2. The van der Waals surface area contributed by atoms with Crippen LogP contribution in [0.2, 0.25) is 0 Å². The van der Waals surface area contributed by atoms with E-state index >= 15 is 0 Å². The van der Waals surface area contributed by atoms with Crippen LogP contribution < -0.4 is 10.2 Å². The number of hydrogen-bond donors (Lipinski definition) is 1. The lowest BCUT2D eigenvalue weighted by Crippen LogP contribution is -2.28. The highest BCUT2D eigenvalue weighted by Crippen LogP contribution is 2.32. The Balaban J connectivity index is 2.11. The third-order valence-electron chi connectivity index (χ3n) is 3.20. The van der Waals surface area contributed by atoms with Gasteiger partial charge < -0.3 is 10.2 Å². The third kappa shape index (κ3) is 3.33. The molecular weight excluding hydrogens is 222 g/mol. The maximum atomic E-state index is 4.58. The molecule has 0 radical (unpaired) electrons. The molecule has 1 aromatic rings. The molecule has 0 bridgehead atoms. The van der Waals surface area contributed by atoms with Gasteiger partial charge in [-0.05, 0) is 31.9 Å². The van der Waals surface area contributed by atoms with Crippen molar-refractivity contribution in [1.29, 1.82) is 0 Å². The summed E-state index contributed by atoms with van der Waals surface area (Å²) in [7, 11) is 0. The van der Waals surface area contributed by atoms with E-state index in [0.29, 0.717) is 6.04 Å². The number of aromatic nitrogens is 1. The van der Waals surface area contributed by atoms with Crippen LogP contribution in [0.5, 0.6) is 0 Å². The first-order valence-electron chi connectivity index (χ1n) is 6.89. The van der Waals surface area contributed by atoms with E-state index in [9.17, 15) is 0 Å². The van der Waals surface area contributed by atoms with Crippen molar-refractivity contribution >= 4 is 5.82 Å². The number of pyridine rings is 1. The SMILES string of the molecule is C=CCN(c1ncccc1CNCCC)C1CC1. The van der Waals surface area contributed by atoms with Crippen LogP contribution in [0.25, 0.3) is 0 Å². The second kappa shape index (κ2) is 6.55. The smallest absolute Gasteiger partial charge is 0.133 e. The summed E-state index contributed by atoms with van der Waals surface area (Å²) in [6.07, 6.45) is 7.58. The van der Waals surface area contributed by atoms with Crippen molar-refractivity contribution in [3.8, 4) is 0 Å². The molecule has 0 atom stereocenters. The lowest BCUT2D eigenvalue weighted by molar-refractivity contribution is 0.670. The lowest BCUT2D eigenvalue weighted by Gasteiger charge is -2.24. The lowest BCUT2D eigenvalue weighted by atomic mass is 10.2. The quantitative estimate of drug-likeness (QED) is 0.564. The maximum absolute atomic E-state index is 4.58. The van der Waals surface area contributed by atoms with Gasteiger partial charge in [-0.1, -0.05) is 19.1 Å². The van der Waals surface area contributed by atoms with Crippen LogP contribution >= 0.6 is 0 Å². The molecule has 3 nitrogen and oxygen atoms in total. The summed E-state index contributed by atoms with van der Waals surface area (Å²) < 4.78 is 0. The van der Waals surface area contributed by atoms with Gasteiger partial charge in [-0.2, -0.15) is 0 Å². The molecular formula is C15H23N3. The molecule has 0 spiro atoms. The molecule has 2 rings (SSSR count). The van der Waals surface area contributed by atoms with E-state index in [2.05, 4.69) is 34.8 Å². The first-order valence-corrected chi connectivity index (χ1v) is 6.89. The molecule has 3 heteroatoms. The second-order valence-electron chi connectivity index (χ2n) is 4.84. The summed E-state index contributed by atoms with van der Waals surface area (Å²) in [5.41, 5.74) is 1.29. The molecule has 0 aliphatic heterocycles. The van der Waals surface area contributed by atoms with E-state index < -0.39 is 0 Å². The third-order valence-corrected chi connectivity index (χ3v) is 3.20. The van der Waals surface area contributed by atoms with Crippen molar-refractivity contribution in [3.05, 3.63) is 36.5 Å². The fourth-order valence-electron chi connectivity index (χ4n) is 2.16. The normalized spacial score (nSPS) is 14.5. The van der Waals surface area contributed by atoms with Gasteiger partial charge in [0.25, 0.3) is 0 Å². The zero-order valence-electron chi connectivity index (χ0n) is 11.2. The van der Waals surface area contributed by atoms with E-state index in [4.69, 9.17) is 0 Å². The highest BCUT2D eigenvalue weighted by atomic mass is 15.2. The number of nitrogens with one attached hydrogen (secondary N) is 1. The second-order valence-corrected chi connectivity index (χ2v) is 4.84. The highest BCUT2D eigenvalue weighted by molar-refractivity contribution is 5.49. The molecule has 1 aliphatic carbocycles. The van der Waals surface area contributed by atoms with Gasteiger partial charge in [0.2, 0.25) is 0 Å². The first kappa shape index (κ1) is 13.1. The monoisotopic (exact) mass is 245 g/mol. The molecule has 0 unspecified atom stereocenters. The van der Waals surface area contributed by atoms with Crippen molar-refractivity contribution in [3.63, 3.8) is 0 Å². The summed E-state index contributed by atoms with van der Waals surface area (Å²) in [5, 5.41) is 3.46. The van der Waals surface area contributed by atoms with E-state index in [0.717, 1.165) is 31.9 Å². The fourth-order valence-corrected chi connectivity index (χ4v) is 2.16. The van der Waals surface area contributed by atoms with Gasteiger partial charge in [0.1, 0.15) is 5.82 Å². The summed E-state index contributed by atoms with van der Waals surface area (Å²) in [6.45, 7) is 8.89.